The molecule has 0 spiro atoms. The largest absolute Gasteiger partial charge is 0.301 e. The average molecular weight is 115 g/mol. The van der Waals surface area contributed by atoms with Gasteiger partial charge < -0.3 is 5.32 Å². The van der Waals surface area contributed by atoms with Gasteiger partial charge in [-0.3, -0.25) is 0 Å². The number of hydrogen-bond acceptors (Lipinski definition) is 1. The van der Waals surface area contributed by atoms with Crippen LogP contribution in [-0.4, -0.2) is 19.3 Å². The first-order chi connectivity index (χ1) is 3.81. The van der Waals surface area contributed by atoms with Crippen LogP contribution in [0.5, 0.6) is 0 Å². The molecule has 0 bridgehead atoms. The lowest BCUT2D eigenvalue weighted by Gasteiger charge is -2.01. The van der Waals surface area contributed by atoms with Crippen LogP contribution in [0.2, 0.25) is 0 Å². The molecule has 1 atom stereocenters. The molecule has 0 rings (SSSR count). The molecular weight excluding hydrogens is 105 g/mol. The summed E-state index contributed by atoms with van der Waals surface area (Å²) in [6.45, 7) is 1.81. The Balaban J connectivity index is 3.02. The van der Waals surface area contributed by atoms with Gasteiger partial charge >= 0.3 is 0 Å². The summed E-state index contributed by atoms with van der Waals surface area (Å²) in [5, 5.41) is 2.77. The quantitative estimate of drug-likeness (QED) is 0.530. The van der Waals surface area contributed by atoms with Crippen molar-refractivity contribution in [2.75, 3.05) is 13.2 Å². The zero-order chi connectivity index (χ0) is 6.41. The molecule has 0 heterocycles. The summed E-state index contributed by atoms with van der Waals surface area (Å²) in [4.78, 5) is 0. The second-order valence-electron chi connectivity index (χ2n) is 1.53. The minimum absolute atomic E-state index is 0.00856. The van der Waals surface area contributed by atoms with Crippen molar-refractivity contribution in [2.45, 2.75) is 13.0 Å². The molecule has 0 saturated carbocycles. The molecule has 0 saturated heterocycles. The molecule has 8 heavy (non-hydrogen) atoms. The third-order valence-corrected chi connectivity index (χ3v) is 0.795. The Labute approximate surface area is 49.3 Å². The first-order valence-electron chi connectivity index (χ1n) is 2.56. The first kappa shape index (κ1) is 7.45. The maximum Gasteiger partial charge on any atom is 0.102 e. The van der Waals surface area contributed by atoms with Crippen molar-refractivity contribution in [1.29, 1.82) is 0 Å². The number of alkyl halides is 1. The lowest BCUT2D eigenvalue weighted by atomic mass is 10.4. The van der Waals surface area contributed by atoms with Crippen molar-refractivity contribution in [2.24, 2.45) is 0 Å². The summed E-state index contributed by atoms with van der Waals surface area (Å²) in [5.41, 5.74) is 0. The van der Waals surface area contributed by atoms with Gasteiger partial charge in [-0.05, 0) is 6.92 Å². The maximum atomic E-state index is 11.4. The molecule has 0 fully saturated rings. The Kier molecular flexibility index (Phi) is 4.29. The smallest absolute Gasteiger partial charge is 0.102 e. The van der Waals surface area contributed by atoms with Gasteiger partial charge in [0.2, 0.25) is 0 Å². The third-order valence-electron chi connectivity index (χ3n) is 0.795. The minimum atomic E-state index is -0.355. The van der Waals surface area contributed by atoms with Gasteiger partial charge in [0.15, 0.2) is 0 Å². The van der Waals surface area contributed by atoms with Crippen LogP contribution in [-0.2, 0) is 0 Å². The van der Waals surface area contributed by atoms with E-state index in [4.69, 9.17) is 6.42 Å². The summed E-state index contributed by atoms with van der Waals surface area (Å²) < 4.78 is 11.4. The summed E-state index contributed by atoms with van der Waals surface area (Å²) in [7, 11) is 0. The second-order valence-corrected chi connectivity index (χ2v) is 1.53. The number of terminal acetylenes is 1. The molecular formula is C6H10FN. The van der Waals surface area contributed by atoms with Crippen LogP contribution in [0.4, 0.5) is 4.39 Å². The molecule has 1 N–H and O–H groups in total. The van der Waals surface area contributed by atoms with Crippen LogP contribution in [0, 0.1) is 12.3 Å². The van der Waals surface area contributed by atoms with E-state index in [-0.39, 0.29) is 12.7 Å². The fraction of sp³-hybridized carbons (Fsp3) is 0.667. The number of rotatable bonds is 3. The number of halogens is 1. The Morgan fingerprint density at radius 1 is 1.88 bits per heavy atom. The fourth-order valence-electron chi connectivity index (χ4n) is 0.330. The highest BCUT2D eigenvalue weighted by molar-refractivity contribution is 4.95. The molecule has 0 aromatic heterocycles. The highest BCUT2D eigenvalue weighted by Gasteiger charge is 1.90. The molecule has 46 valence electrons. The molecule has 0 radical (unpaired) electrons. The Morgan fingerprint density at radius 3 is 2.88 bits per heavy atom. The van der Waals surface area contributed by atoms with Crippen molar-refractivity contribution < 1.29 is 4.39 Å². The molecule has 2 heteroatoms. The fourth-order valence-corrected chi connectivity index (χ4v) is 0.330. The van der Waals surface area contributed by atoms with E-state index in [0.717, 1.165) is 0 Å². The van der Waals surface area contributed by atoms with Crippen molar-refractivity contribution >= 4 is 0 Å². The topological polar surface area (TPSA) is 12.0 Å². The monoisotopic (exact) mass is 115 g/mol. The van der Waals surface area contributed by atoms with E-state index in [1.165, 1.54) is 0 Å². The second kappa shape index (κ2) is 4.61. The van der Waals surface area contributed by atoms with Gasteiger partial charge in [-0.1, -0.05) is 5.92 Å². The summed E-state index contributed by atoms with van der Waals surface area (Å²) in [5.74, 6) is 2.42. The summed E-state index contributed by atoms with van der Waals surface area (Å²) >= 11 is 0. The molecule has 0 aliphatic heterocycles. The number of nitrogens with one attached hydrogen (secondary N) is 1. The van der Waals surface area contributed by atoms with Gasteiger partial charge in [-0.2, -0.15) is 0 Å². The van der Waals surface area contributed by atoms with Gasteiger partial charge in [-0.15, -0.1) is 6.42 Å². The van der Waals surface area contributed by atoms with Gasteiger partial charge in [-0.25, -0.2) is 4.39 Å². The van der Waals surface area contributed by atoms with Gasteiger partial charge in [0.1, 0.15) is 6.67 Å². The van der Waals surface area contributed by atoms with Gasteiger partial charge in [0.05, 0.1) is 6.04 Å². The van der Waals surface area contributed by atoms with E-state index in [1.54, 1.807) is 0 Å². The average Bonchev–Trinajstić information content (AvgIpc) is 1.83. The van der Waals surface area contributed by atoms with E-state index in [0.29, 0.717) is 6.54 Å². The van der Waals surface area contributed by atoms with E-state index >= 15 is 0 Å². The summed E-state index contributed by atoms with van der Waals surface area (Å²) in [6.07, 6.45) is 4.98. The molecule has 0 aromatic rings. The van der Waals surface area contributed by atoms with Gasteiger partial charge in [0, 0.05) is 6.54 Å². The van der Waals surface area contributed by atoms with Crippen molar-refractivity contribution in [3.63, 3.8) is 0 Å². The zero-order valence-corrected chi connectivity index (χ0v) is 4.95. The Morgan fingerprint density at radius 2 is 2.50 bits per heavy atom. The summed E-state index contributed by atoms with van der Waals surface area (Å²) in [6, 6.07) is -0.00856. The highest BCUT2D eigenvalue weighted by Crippen LogP contribution is 1.74. The van der Waals surface area contributed by atoms with E-state index in [9.17, 15) is 4.39 Å². The van der Waals surface area contributed by atoms with Crippen LogP contribution in [0.25, 0.3) is 0 Å². The highest BCUT2D eigenvalue weighted by atomic mass is 19.1. The lowest BCUT2D eigenvalue weighted by molar-refractivity contribution is 0.460. The maximum absolute atomic E-state index is 11.4. The third kappa shape index (κ3) is 3.63. The number of hydrogen-bond donors (Lipinski definition) is 1. The molecule has 0 aromatic carbocycles. The van der Waals surface area contributed by atoms with Crippen LogP contribution in [0.1, 0.15) is 6.92 Å². The predicted molar refractivity (Wildman–Crippen MR) is 32.3 cm³/mol. The minimum Gasteiger partial charge on any atom is -0.301 e. The zero-order valence-electron chi connectivity index (χ0n) is 4.95. The lowest BCUT2D eigenvalue weighted by Crippen LogP contribution is -2.26. The van der Waals surface area contributed by atoms with E-state index in [2.05, 4.69) is 11.2 Å². The molecule has 0 amide bonds. The van der Waals surface area contributed by atoms with Crippen LogP contribution >= 0.6 is 0 Å². The molecule has 1 nitrogen and oxygen atoms in total. The van der Waals surface area contributed by atoms with Gasteiger partial charge in [0.25, 0.3) is 0 Å². The first-order valence-corrected chi connectivity index (χ1v) is 2.56. The Bertz CT molecular complexity index is 85.0. The standard InChI is InChI=1S/C6H10FN/c1-3-6(2)8-5-4-7/h1,6,8H,4-5H2,2H3. The molecule has 1 unspecified atom stereocenters. The van der Waals surface area contributed by atoms with Crippen molar-refractivity contribution in [3.05, 3.63) is 0 Å². The van der Waals surface area contributed by atoms with Crippen LogP contribution < -0.4 is 5.32 Å². The molecule has 0 aliphatic carbocycles. The van der Waals surface area contributed by atoms with E-state index in [1.807, 2.05) is 6.92 Å². The normalized spacial score (nSPS) is 12.6. The van der Waals surface area contributed by atoms with E-state index < -0.39 is 0 Å². The van der Waals surface area contributed by atoms with Crippen LogP contribution in [0.3, 0.4) is 0 Å². The predicted octanol–water partition coefficient (Wildman–Crippen LogP) is 0.567. The SMILES string of the molecule is C#CC(C)NCCF. The Hall–Kier alpha value is -0.550. The van der Waals surface area contributed by atoms with Crippen molar-refractivity contribution in [3.8, 4) is 12.3 Å². The molecule has 0 aliphatic rings. The van der Waals surface area contributed by atoms with Crippen molar-refractivity contribution in [1.82, 2.24) is 5.32 Å². The van der Waals surface area contributed by atoms with Crippen LogP contribution in [0.15, 0.2) is 0 Å².